The maximum absolute atomic E-state index is 12.3. The molecule has 114 heavy (non-hydrogen) atoms. The van der Waals surface area contributed by atoms with Crippen molar-refractivity contribution < 1.29 is 88.2 Å². The summed E-state index contributed by atoms with van der Waals surface area (Å²) >= 11 is 0. The lowest BCUT2D eigenvalue weighted by molar-refractivity contribution is -0.144. The highest BCUT2D eigenvalue weighted by atomic mass is 16.4. The lowest BCUT2D eigenvalue weighted by atomic mass is 9.94. The Morgan fingerprint density at radius 1 is 0.211 bits per heavy atom. The molecule has 24 heteroatoms. The van der Waals surface area contributed by atoms with E-state index < -0.39 is 71.7 Å². The number of rotatable bonds is 84. The Bertz CT molecular complexity index is 2430. The minimum Gasteiger partial charge on any atom is -0.481 e. The number of unbranched alkanes of at least 4 members (excludes halogenated alkanes) is 45. The summed E-state index contributed by atoms with van der Waals surface area (Å²) in [6, 6.07) is -2.68. The van der Waals surface area contributed by atoms with Crippen LogP contribution < -0.4 is 33.2 Å². The zero-order chi connectivity index (χ0) is 85.3. The molecule has 6 atom stereocenters. The third-order valence-corrected chi connectivity index (χ3v) is 21.6. The van der Waals surface area contributed by atoms with Crippen LogP contribution in [-0.4, -0.2) is 139 Å². The Balaban J connectivity index is -0.00000162. The van der Waals surface area contributed by atoms with Gasteiger partial charge in [-0.05, 0) is 96.3 Å². The first-order chi connectivity index (χ1) is 54.8. The van der Waals surface area contributed by atoms with Gasteiger partial charge in [-0.25, -0.2) is 0 Å². The van der Waals surface area contributed by atoms with Crippen LogP contribution in [-0.2, 0) is 57.5 Å². The molecule has 0 heterocycles. The predicted molar refractivity (Wildman–Crippen MR) is 456 cm³/mol. The Labute approximate surface area is 689 Å². The molecule has 0 bridgehead atoms. The van der Waals surface area contributed by atoms with Crippen molar-refractivity contribution in [1.82, 2.24) is 16.0 Å². The van der Waals surface area contributed by atoms with Crippen LogP contribution in [0, 0.1) is 17.8 Å². The second-order valence-electron chi connectivity index (χ2n) is 32.4. The number of hydrogen-bond donors (Lipinski definition) is 12. The van der Waals surface area contributed by atoms with Crippen molar-refractivity contribution in [2.45, 2.75) is 463 Å². The fourth-order valence-electron chi connectivity index (χ4n) is 13.9. The van der Waals surface area contributed by atoms with E-state index in [0.29, 0.717) is 96.7 Å². The Morgan fingerprint density at radius 2 is 0.377 bits per heavy atom. The molecule has 0 aliphatic rings. The quantitative estimate of drug-likeness (QED) is 0.0252. The standard InChI is InChI=1S/C32H60N2O6.C30H56N2O6.C28H52N2O6/c1-2-3-4-5-6-7-8-9-10-11-12-13-14-15-16-17-18-21-28(35)26-27(31(37)38)23-24-30(36)34-25-20-19-22-29(33)32(39)40;1-2-3-4-5-6-7-8-9-10-11-12-13-14-15-16-19-26(33)24-25(29(35)36)21-22-28(34)32-23-18-17-20-27(31)30(37)38;1-2-3-4-5-6-7-8-9-10-11-12-13-14-17-24(31)22-23(27(33)34)19-20-26(32)30-21-16-15-18-25(29)28(35)36/h27,29H,2-26,33H2,1H3,(H,34,36)(H,37,38)(H,39,40);25,27H,2-24,31H2,1H3,(H,32,34)(H,35,36)(H,37,38);23,25H,2-22,29H2,1H3,(H,30,32)(H,33,34)(H,35,36)/t27-,29+;25-,27+;23-,25+/m111/s1. The van der Waals surface area contributed by atoms with Crippen molar-refractivity contribution in [2.24, 2.45) is 35.0 Å². The molecule has 0 aliphatic carbocycles. The summed E-state index contributed by atoms with van der Waals surface area (Å²) in [6.45, 7) is 7.92. The summed E-state index contributed by atoms with van der Waals surface area (Å²) in [6.07, 6.45) is 63.1. The molecule has 0 spiro atoms. The number of carboxylic acid groups (broad SMARTS) is 6. The molecular weight excluding hydrogens is 1450 g/mol. The third kappa shape index (κ3) is 81.3. The lowest BCUT2D eigenvalue weighted by Crippen LogP contribution is -2.30. The van der Waals surface area contributed by atoms with Gasteiger partial charge in [-0.3, -0.25) is 57.5 Å². The summed E-state index contributed by atoms with van der Waals surface area (Å²) in [5.41, 5.74) is 16.3. The molecule has 0 aromatic carbocycles. The summed E-state index contributed by atoms with van der Waals surface area (Å²) in [4.78, 5) is 139. The van der Waals surface area contributed by atoms with Gasteiger partial charge in [0, 0.05) is 77.4 Å². The number of amides is 3. The van der Waals surface area contributed by atoms with E-state index in [1.807, 2.05) is 0 Å². The maximum Gasteiger partial charge on any atom is 0.320 e. The van der Waals surface area contributed by atoms with Crippen molar-refractivity contribution in [3.8, 4) is 0 Å². The molecule has 0 aliphatic heterocycles. The van der Waals surface area contributed by atoms with Gasteiger partial charge in [-0.1, -0.05) is 290 Å². The molecule has 24 nitrogen and oxygen atoms in total. The van der Waals surface area contributed by atoms with Crippen molar-refractivity contribution in [3.63, 3.8) is 0 Å². The Kier molecular flexibility index (Phi) is 82.3. The average molecular weight is 1620 g/mol. The first kappa shape index (κ1) is 112. The van der Waals surface area contributed by atoms with Crippen LogP contribution in [0.3, 0.4) is 0 Å². The van der Waals surface area contributed by atoms with E-state index in [1.54, 1.807) is 0 Å². The van der Waals surface area contributed by atoms with Crippen molar-refractivity contribution in [3.05, 3.63) is 0 Å². The molecule has 0 aromatic heterocycles. The average Bonchev–Trinajstić information content (AvgIpc) is 0.954. The highest BCUT2D eigenvalue weighted by Crippen LogP contribution is 2.22. The maximum atomic E-state index is 12.3. The van der Waals surface area contributed by atoms with Crippen LogP contribution in [0.2, 0.25) is 0 Å². The van der Waals surface area contributed by atoms with Gasteiger partial charge >= 0.3 is 35.8 Å². The second kappa shape index (κ2) is 83.6. The van der Waals surface area contributed by atoms with Crippen molar-refractivity contribution >= 4 is 70.9 Å². The van der Waals surface area contributed by atoms with E-state index in [-0.39, 0.29) is 92.9 Å². The number of aliphatic carboxylic acids is 6. The number of Topliss-reactive ketones (excluding diaryl/α,β-unsaturated/α-hetero) is 3. The molecule has 0 saturated heterocycles. The van der Waals surface area contributed by atoms with Crippen LogP contribution in [0.1, 0.15) is 445 Å². The van der Waals surface area contributed by atoms with Gasteiger partial charge in [-0.2, -0.15) is 0 Å². The van der Waals surface area contributed by atoms with Crippen molar-refractivity contribution in [1.29, 1.82) is 0 Å². The molecule has 0 rings (SSSR count). The fourth-order valence-corrected chi connectivity index (χ4v) is 13.9. The van der Waals surface area contributed by atoms with Gasteiger partial charge in [-0.15, -0.1) is 0 Å². The highest BCUT2D eigenvalue weighted by Gasteiger charge is 2.25. The molecule has 0 fully saturated rings. The summed E-state index contributed by atoms with van der Waals surface area (Å²) < 4.78 is 0. The van der Waals surface area contributed by atoms with Gasteiger partial charge in [0.2, 0.25) is 17.7 Å². The summed E-state index contributed by atoms with van der Waals surface area (Å²) in [5, 5.41) is 62.7. The van der Waals surface area contributed by atoms with Crippen LogP contribution in [0.4, 0.5) is 0 Å². The predicted octanol–water partition coefficient (Wildman–Crippen LogP) is 19.2. The smallest absolute Gasteiger partial charge is 0.320 e. The number of nitrogens with two attached hydrogens (primary N) is 3. The first-order valence-electron chi connectivity index (χ1n) is 45.8. The summed E-state index contributed by atoms with van der Waals surface area (Å²) in [7, 11) is 0. The molecule has 0 unspecified atom stereocenters. The third-order valence-electron chi connectivity index (χ3n) is 21.6. The molecule has 0 radical (unpaired) electrons. The number of nitrogens with one attached hydrogen (secondary N) is 3. The van der Waals surface area contributed by atoms with Gasteiger partial charge in [0.25, 0.3) is 0 Å². The molecular formula is C90H168N6O18. The largest absolute Gasteiger partial charge is 0.481 e. The van der Waals surface area contributed by atoms with E-state index in [1.165, 1.54) is 231 Å². The Hall–Kier alpha value is -5.88. The number of ketones is 3. The lowest BCUT2D eigenvalue weighted by Gasteiger charge is -2.12. The fraction of sp³-hybridized carbons (Fsp3) is 0.867. The second-order valence-corrected chi connectivity index (χ2v) is 32.4. The molecule has 666 valence electrons. The van der Waals surface area contributed by atoms with E-state index in [9.17, 15) is 72.9 Å². The van der Waals surface area contributed by atoms with E-state index in [2.05, 4.69) is 36.7 Å². The zero-order valence-corrected chi connectivity index (χ0v) is 72.1. The number of carbonyl (C=O) groups excluding carboxylic acids is 6. The highest BCUT2D eigenvalue weighted by molar-refractivity contribution is 5.86. The van der Waals surface area contributed by atoms with Crippen LogP contribution >= 0.6 is 0 Å². The number of carbonyl (C=O) groups is 12. The molecule has 3 amide bonds. The van der Waals surface area contributed by atoms with E-state index in [4.69, 9.17) is 32.5 Å². The molecule has 0 aromatic rings. The number of hydrogen-bond acceptors (Lipinski definition) is 15. The number of carboxylic acids is 6. The summed E-state index contributed by atoms with van der Waals surface area (Å²) in [5.74, 6) is -9.62. The zero-order valence-electron chi connectivity index (χ0n) is 72.1. The minimum atomic E-state index is -1.04. The first-order valence-corrected chi connectivity index (χ1v) is 45.8. The SMILES string of the molecule is CCCCCCCCCCCCCCCC(=O)C[C@@H](CCC(=O)NCCCC[C@H](N)C(=O)O)C(=O)O.CCCCCCCCCCCCCCCCCC(=O)C[C@@H](CCC(=O)NCCCC[C@H](N)C(=O)O)C(=O)O.CCCCCCCCCCCCCCCCCCCC(=O)C[C@@H](CCC(=O)NCCCC[C@H](N)C(=O)O)C(=O)O. The van der Waals surface area contributed by atoms with Gasteiger partial charge in [0.05, 0.1) is 17.8 Å². The van der Waals surface area contributed by atoms with Crippen LogP contribution in [0.5, 0.6) is 0 Å². The van der Waals surface area contributed by atoms with Crippen LogP contribution in [0.15, 0.2) is 0 Å². The van der Waals surface area contributed by atoms with Crippen LogP contribution in [0.25, 0.3) is 0 Å². The van der Waals surface area contributed by atoms with Crippen molar-refractivity contribution in [2.75, 3.05) is 19.6 Å². The Morgan fingerprint density at radius 3 is 0.535 bits per heavy atom. The normalized spacial score (nSPS) is 12.7. The van der Waals surface area contributed by atoms with Gasteiger partial charge in [0.1, 0.15) is 35.5 Å². The van der Waals surface area contributed by atoms with Gasteiger partial charge in [0.15, 0.2) is 0 Å². The molecule has 0 saturated carbocycles. The van der Waals surface area contributed by atoms with Gasteiger partial charge < -0.3 is 63.8 Å². The van der Waals surface area contributed by atoms with E-state index in [0.717, 1.165) is 57.8 Å². The van der Waals surface area contributed by atoms with E-state index >= 15 is 0 Å². The molecule has 15 N–H and O–H groups in total. The monoisotopic (exact) mass is 1620 g/mol. The topological polar surface area (TPSA) is 440 Å². The minimum absolute atomic E-state index is 0.0193.